The molecule has 0 fully saturated rings. The van der Waals surface area contributed by atoms with E-state index in [1.54, 1.807) is 54.6 Å². The quantitative estimate of drug-likeness (QED) is 0.653. The molecule has 0 aromatic heterocycles. The van der Waals surface area contributed by atoms with Crippen LogP contribution in [0, 0.1) is 0 Å². The van der Waals surface area contributed by atoms with Crippen LogP contribution in [0.15, 0.2) is 54.6 Å². The largest absolute Gasteiger partial charge is 0.281 e. The van der Waals surface area contributed by atoms with E-state index in [0.29, 0.717) is 21.3 Å². The summed E-state index contributed by atoms with van der Waals surface area (Å²) in [4.78, 5) is 11.9. The number of nitrogens with zero attached hydrogens (tertiary/aromatic N) is 1. The van der Waals surface area contributed by atoms with Gasteiger partial charge in [-0.1, -0.05) is 29.8 Å². The van der Waals surface area contributed by atoms with Gasteiger partial charge < -0.3 is 0 Å². The van der Waals surface area contributed by atoms with Gasteiger partial charge in [0.25, 0.3) is 5.91 Å². The van der Waals surface area contributed by atoms with Gasteiger partial charge in [-0.3, -0.25) is 10.0 Å². The molecule has 0 aliphatic rings. The molecule has 1 N–H and O–H groups in total. The molecule has 2 rings (SSSR count). The Balaban J connectivity index is 2.23. The number of hydrogen-bond donors (Lipinski definition) is 1. The van der Waals surface area contributed by atoms with E-state index >= 15 is 0 Å². The van der Waals surface area contributed by atoms with Gasteiger partial charge in [-0.2, -0.15) is 5.06 Å². The Hall–Kier alpha value is -1.84. The van der Waals surface area contributed by atoms with Crippen LogP contribution in [0.3, 0.4) is 0 Å². The van der Waals surface area contributed by atoms with E-state index in [9.17, 15) is 10.0 Å². The first-order valence-electron chi connectivity index (χ1n) is 5.02. The minimum Gasteiger partial charge on any atom is -0.281 e. The molecule has 0 saturated heterocycles. The third-order valence-corrected chi connectivity index (χ3v) is 2.54. The van der Waals surface area contributed by atoms with Crippen LogP contribution < -0.4 is 5.06 Å². The molecule has 0 spiro atoms. The first-order valence-corrected chi connectivity index (χ1v) is 5.40. The summed E-state index contributed by atoms with van der Waals surface area (Å²) in [5, 5.41) is 10.9. The lowest BCUT2D eigenvalue weighted by molar-refractivity contribution is 0.0855. The van der Waals surface area contributed by atoms with Gasteiger partial charge in [0, 0.05) is 10.6 Å². The zero-order valence-electron chi connectivity index (χ0n) is 8.88. The zero-order valence-corrected chi connectivity index (χ0v) is 9.63. The maximum absolute atomic E-state index is 11.9. The van der Waals surface area contributed by atoms with Crippen molar-refractivity contribution in [3.63, 3.8) is 0 Å². The molecule has 0 aliphatic carbocycles. The van der Waals surface area contributed by atoms with Crippen molar-refractivity contribution in [3.8, 4) is 0 Å². The Morgan fingerprint density at radius 3 is 2.18 bits per heavy atom. The molecule has 0 atom stereocenters. The summed E-state index contributed by atoms with van der Waals surface area (Å²) >= 11 is 5.73. The predicted octanol–water partition coefficient (Wildman–Crippen LogP) is 3.38. The molecule has 0 heterocycles. The number of carbonyl (C=O) groups excluding carboxylic acids is 1. The van der Waals surface area contributed by atoms with Crippen molar-refractivity contribution in [2.24, 2.45) is 0 Å². The second-order valence-corrected chi connectivity index (χ2v) is 3.90. The molecule has 1 amide bonds. The van der Waals surface area contributed by atoms with E-state index < -0.39 is 5.91 Å². The van der Waals surface area contributed by atoms with Crippen LogP contribution >= 0.6 is 11.6 Å². The molecule has 4 heteroatoms. The topological polar surface area (TPSA) is 40.5 Å². The van der Waals surface area contributed by atoms with Crippen molar-refractivity contribution >= 4 is 23.2 Å². The normalized spacial score (nSPS) is 10.0. The van der Waals surface area contributed by atoms with Crippen LogP contribution in [-0.2, 0) is 0 Å². The SMILES string of the molecule is O=C(c1ccccc1)N(O)c1ccc(Cl)cc1. The van der Waals surface area contributed by atoms with Crippen LogP contribution in [0.2, 0.25) is 5.02 Å². The minimum absolute atomic E-state index is 0.378. The molecule has 0 bridgehead atoms. The van der Waals surface area contributed by atoms with E-state index in [-0.39, 0.29) is 0 Å². The Bertz CT molecular complexity index is 511. The number of halogens is 1. The lowest BCUT2D eigenvalue weighted by Gasteiger charge is -2.14. The Kier molecular flexibility index (Phi) is 3.42. The van der Waals surface area contributed by atoms with Gasteiger partial charge in [0.05, 0.1) is 5.69 Å². The second kappa shape index (κ2) is 4.99. The summed E-state index contributed by atoms with van der Waals surface area (Å²) < 4.78 is 0. The Morgan fingerprint density at radius 2 is 1.59 bits per heavy atom. The highest BCUT2D eigenvalue weighted by molar-refractivity contribution is 6.30. The van der Waals surface area contributed by atoms with Crippen molar-refractivity contribution in [1.82, 2.24) is 0 Å². The number of carbonyl (C=O) groups is 1. The zero-order chi connectivity index (χ0) is 12.3. The molecule has 3 nitrogen and oxygen atoms in total. The molecular formula is C13H10ClNO2. The van der Waals surface area contributed by atoms with Crippen molar-refractivity contribution in [2.45, 2.75) is 0 Å². The molecule has 2 aromatic carbocycles. The molecule has 0 saturated carbocycles. The highest BCUT2D eigenvalue weighted by atomic mass is 35.5. The van der Waals surface area contributed by atoms with Crippen LogP contribution in [0.5, 0.6) is 0 Å². The van der Waals surface area contributed by atoms with Crippen molar-refractivity contribution in [2.75, 3.05) is 5.06 Å². The van der Waals surface area contributed by atoms with Crippen LogP contribution in [0.1, 0.15) is 10.4 Å². The standard InChI is InChI=1S/C13H10ClNO2/c14-11-6-8-12(9-7-11)15(17)13(16)10-4-2-1-3-5-10/h1-9,17H. The summed E-state index contributed by atoms with van der Waals surface area (Å²) in [5.41, 5.74) is 0.799. The van der Waals surface area contributed by atoms with E-state index in [1.165, 1.54) is 0 Å². The minimum atomic E-state index is -0.479. The lowest BCUT2D eigenvalue weighted by Crippen LogP contribution is -2.26. The number of anilines is 1. The third kappa shape index (κ3) is 2.64. The third-order valence-electron chi connectivity index (χ3n) is 2.28. The fraction of sp³-hybridized carbons (Fsp3) is 0. The number of benzene rings is 2. The van der Waals surface area contributed by atoms with Gasteiger partial charge in [0.2, 0.25) is 0 Å². The van der Waals surface area contributed by atoms with E-state index in [4.69, 9.17) is 11.6 Å². The van der Waals surface area contributed by atoms with Crippen LogP contribution in [-0.4, -0.2) is 11.1 Å². The van der Waals surface area contributed by atoms with Crippen molar-refractivity contribution in [1.29, 1.82) is 0 Å². The average molecular weight is 248 g/mol. The molecular weight excluding hydrogens is 238 g/mol. The lowest BCUT2D eigenvalue weighted by atomic mass is 10.2. The fourth-order valence-corrected chi connectivity index (χ4v) is 1.53. The summed E-state index contributed by atoms with van der Waals surface area (Å²) in [6, 6.07) is 14.9. The monoisotopic (exact) mass is 247 g/mol. The summed E-state index contributed by atoms with van der Waals surface area (Å²) in [6.45, 7) is 0. The number of hydroxylamine groups is 1. The molecule has 0 unspecified atom stereocenters. The first kappa shape index (κ1) is 11.6. The van der Waals surface area contributed by atoms with Crippen molar-refractivity contribution < 1.29 is 10.0 Å². The van der Waals surface area contributed by atoms with Gasteiger partial charge in [0.15, 0.2) is 0 Å². The van der Waals surface area contributed by atoms with Gasteiger partial charge in [-0.25, -0.2) is 0 Å². The van der Waals surface area contributed by atoms with E-state index in [1.807, 2.05) is 0 Å². The fourth-order valence-electron chi connectivity index (χ4n) is 1.40. The summed E-state index contributed by atoms with van der Waals surface area (Å²) in [5.74, 6) is -0.479. The molecule has 17 heavy (non-hydrogen) atoms. The summed E-state index contributed by atoms with van der Waals surface area (Å²) in [6.07, 6.45) is 0. The maximum Gasteiger partial charge on any atom is 0.281 e. The highest BCUT2D eigenvalue weighted by Gasteiger charge is 2.14. The molecule has 0 aliphatic heterocycles. The average Bonchev–Trinajstić information content (AvgIpc) is 2.39. The Morgan fingerprint density at radius 1 is 1.00 bits per heavy atom. The first-order chi connectivity index (χ1) is 8.18. The van der Waals surface area contributed by atoms with Crippen LogP contribution in [0.25, 0.3) is 0 Å². The molecule has 2 aromatic rings. The van der Waals surface area contributed by atoms with E-state index in [0.717, 1.165) is 0 Å². The maximum atomic E-state index is 11.9. The molecule has 0 radical (unpaired) electrons. The number of hydrogen-bond acceptors (Lipinski definition) is 2. The van der Waals surface area contributed by atoms with Gasteiger partial charge in [0.1, 0.15) is 0 Å². The van der Waals surface area contributed by atoms with Crippen LogP contribution in [0.4, 0.5) is 5.69 Å². The van der Waals surface area contributed by atoms with Crippen molar-refractivity contribution in [3.05, 3.63) is 65.2 Å². The smallest absolute Gasteiger partial charge is 0.281 e. The van der Waals surface area contributed by atoms with Gasteiger partial charge in [-0.05, 0) is 36.4 Å². The molecule has 86 valence electrons. The summed E-state index contributed by atoms with van der Waals surface area (Å²) in [7, 11) is 0. The number of amides is 1. The Labute approximate surface area is 104 Å². The van der Waals surface area contributed by atoms with Gasteiger partial charge >= 0.3 is 0 Å². The highest BCUT2D eigenvalue weighted by Crippen LogP contribution is 2.18. The van der Waals surface area contributed by atoms with Gasteiger partial charge in [-0.15, -0.1) is 0 Å². The predicted molar refractivity (Wildman–Crippen MR) is 66.5 cm³/mol. The van der Waals surface area contributed by atoms with E-state index in [2.05, 4.69) is 0 Å². The second-order valence-electron chi connectivity index (χ2n) is 3.46. The number of rotatable bonds is 2.